The molecule has 5 nitrogen and oxygen atoms in total. The van der Waals surface area contributed by atoms with Crippen LogP contribution in [0.25, 0.3) is 0 Å². The van der Waals surface area contributed by atoms with E-state index in [0.717, 1.165) is 5.56 Å². The van der Waals surface area contributed by atoms with E-state index >= 15 is 0 Å². The first-order chi connectivity index (χ1) is 10.2. The number of hydrogen-bond acceptors (Lipinski definition) is 4. The molecule has 0 aliphatic heterocycles. The molecule has 0 spiro atoms. The second kappa shape index (κ2) is 7.28. The molecule has 0 bridgehead atoms. The van der Waals surface area contributed by atoms with Crippen molar-refractivity contribution in [3.8, 4) is 5.75 Å². The summed E-state index contributed by atoms with van der Waals surface area (Å²) in [7, 11) is 0. The fourth-order valence-corrected chi connectivity index (χ4v) is 1.80. The number of nitrogens with zero attached hydrogens (tertiary/aromatic N) is 1. The molecule has 0 unspecified atom stereocenters. The summed E-state index contributed by atoms with van der Waals surface area (Å²) in [5.74, 6) is 0.0431. The SMILES string of the molecule is CCOC(=O)Cn1ccc(OCc2ccccc2)cc1=O. The molecule has 0 saturated carbocycles. The van der Waals surface area contributed by atoms with Crippen molar-refractivity contribution in [3.63, 3.8) is 0 Å². The van der Waals surface area contributed by atoms with Gasteiger partial charge in [0.1, 0.15) is 18.9 Å². The highest BCUT2D eigenvalue weighted by atomic mass is 16.5. The molecule has 0 aliphatic carbocycles. The Morgan fingerprint density at radius 3 is 2.62 bits per heavy atom. The molecule has 0 N–H and O–H groups in total. The number of aromatic nitrogens is 1. The lowest BCUT2D eigenvalue weighted by Gasteiger charge is -2.08. The fraction of sp³-hybridized carbons (Fsp3) is 0.250. The van der Waals surface area contributed by atoms with E-state index in [0.29, 0.717) is 19.0 Å². The average molecular weight is 287 g/mol. The number of benzene rings is 1. The van der Waals surface area contributed by atoms with Gasteiger partial charge in [0.05, 0.1) is 6.61 Å². The molecule has 1 aromatic carbocycles. The van der Waals surface area contributed by atoms with Crippen molar-refractivity contribution < 1.29 is 14.3 Å². The van der Waals surface area contributed by atoms with Crippen LogP contribution < -0.4 is 10.3 Å². The van der Waals surface area contributed by atoms with Crippen molar-refractivity contribution in [3.05, 3.63) is 64.6 Å². The zero-order chi connectivity index (χ0) is 15.1. The van der Waals surface area contributed by atoms with Gasteiger partial charge in [0, 0.05) is 12.3 Å². The number of esters is 1. The Labute approximate surface area is 122 Å². The van der Waals surface area contributed by atoms with Crippen LogP contribution in [0.3, 0.4) is 0 Å². The average Bonchev–Trinajstić information content (AvgIpc) is 2.49. The molecule has 2 aromatic rings. The third-order valence-electron chi connectivity index (χ3n) is 2.82. The summed E-state index contributed by atoms with van der Waals surface area (Å²) >= 11 is 0. The molecule has 2 rings (SSSR count). The van der Waals surface area contributed by atoms with E-state index in [2.05, 4.69) is 0 Å². The van der Waals surface area contributed by atoms with E-state index in [1.54, 1.807) is 13.0 Å². The molecule has 1 heterocycles. The van der Waals surface area contributed by atoms with E-state index in [1.165, 1.54) is 16.8 Å². The summed E-state index contributed by atoms with van der Waals surface area (Å²) in [6, 6.07) is 12.7. The van der Waals surface area contributed by atoms with Gasteiger partial charge in [0.2, 0.25) is 0 Å². The maximum atomic E-state index is 11.9. The van der Waals surface area contributed by atoms with Crippen LogP contribution in [0.5, 0.6) is 5.75 Å². The summed E-state index contributed by atoms with van der Waals surface area (Å²) in [5, 5.41) is 0. The number of pyridine rings is 1. The van der Waals surface area contributed by atoms with Crippen LogP contribution in [0.15, 0.2) is 53.5 Å². The van der Waals surface area contributed by atoms with Gasteiger partial charge < -0.3 is 14.0 Å². The zero-order valence-electron chi connectivity index (χ0n) is 11.8. The Hall–Kier alpha value is -2.56. The first kappa shape index (κ1) is 14.8. The van der Waals surface area contributed by atoms with Crippen molar-refractivity contribution in [2.75, 3.05) is 6.61 Å². The van der Waals surface area contributed by atoms with E-state index in [4.69, 9.17) is 9.47 Å². The van der Waals surface area contributed by atoms with Gasteiger partial charge in [-0.15, -0.1) is 0 Å². The lowest BCUT2D eigenvalue weighted by atomic mass is 10.2. The minimum absolute atomic E-state index is 0.0916. The maximum Gasteiger partial charge on any atom is 0.326 e. The van der Waals surface area contributed by atoms with Crippen LogP contribution in [0.4, 0.5) is 0 Å². The molecule has 21 heavy (non-hydrogen) atoms. The third kappa shape index (κ3) is 4.49. The van der Waals surface area contributed by atoms with Gasteiger partial charge in [-0.25, -0.2) is 0 Å². The highest BCUT2D eigenvalue weighted by Gasteiger charge is 2.06. The van der Waals surface area contributed by atoms with Gasteiger partial charge >= 0.3 is 5.97 Å². The van der Waals surface area contributed by atoms with Crippen molar-refractivity contribution in [1.29, 1.82) is 0 Å². The smallest absolute Gasteiger partial charge is 0.326 e. The molecule has 0 radical (unpaired) electrons. The molecule has 110 valence electrons. The molecular formula is C16H17NO4. The van der Waals surface area contributed by atoms with Crippen molar-refractivity contribution >= 4 is 5.97 Å². The van der Waals surface area contributed by atoms with Crippen molar-refractivity contribution in [2.24, 2.45) is 0 Å². The Morgan fingerprint density at radius 1 is 1.19 bits per heavy atom. The van der Waals surface area contributed by atoms with Crippen molar-refractivity contribution in [2.45, 2.75) is 20.1 Å². The predicted molar refractivity (Wildman–Crippen MR) is 78.1 cm³/mol. The van der Waals surface area contributed by atoms with E-state index in [9.17, 15) is 9.59 Å². The van der Waals surface area contributed by atoms with Crippen LogP contribution in [0.2, 0.25) is 0 Å². The van der Waals surface area contributed by atoms with Crippen LogP contribution in [-0.2, 0) is 22.7 Å². The first-order valence-corrected chi connectivity index (χ1v) is 6.72. The molecule has 0 fully saturated rings. The maximum absolute atomic E-state index is 11.9. The number of carbonyl (C=O) groups is 1. The standard InChI is InChI=1S/C16H17NO4/c1-2-20-16(19)11-17-9-8-14(10-15(17)18)21-12-13-6-4-3-5-7-13/h3-10H,2,11-12H2,1H3. The second-order valence-electron chi connectivity index (χ2n) is 4.41. The van der Waals surface area contributed by atoms with Gasteiger partial charge in [-0.2, -0.15) is 0 Å². The first-order valence-electron chi connectivity index (χ1n) is 6.72. The minimum Gasteiger partial charge on any atom is -0.489 e. The lowest BCUT2D eigenvalue weighted by Crippen LogP contribution is -2.24. The van der Waals surface area contributed by atoms with Gasteiger partial charge in [-0.3, -0.25) is 9.59 Å². The van der Waals surface area contributed by atoms with Gasteiger partial charge in [0.25, 0.3) is 5.56 Å². The van der Waals surface area contributed by atoms with E-state index in [-0.39, 0.29) is 12.1 Å². The highest BCUT2D eigenvalue weighted by Crippen LogP contribution is 2.09. The molecule has 0 aliphatic rings. The molecule has 0 saturated heterocycles. The topological polar surface area (TPSA) is 57.5 Å². The van der Waals surface area contributed by atoms with Crippen LogP contribution >= 0.6 is 0 Å². The van der Waals surface area contributed by atoms with Gasteiger partial charge in [-0.1, -0.05) is 30.3 Å². The number of carbonyl (C=O) groups excluding carboxylic acids is 1. The summed E-state index contributed by atoms with van der Waals surface area (Å²) in [5.41, 5.74) is 0.724. The molecule has 1 aromatic heterocycles. The Kier molecular flexibility index (Phi) is 5.15. The second-order valence-corrected chi connectivity index (χ2v) is 4.41. The summed E-state index contributed by atoms with van der Waals surface area (Å²) < 4.78 is 11.6. The Balaban J connectivity index is 1.99. The lowest BCUT2D eigenvalue weighted by molar-refractivity contribution is -0.143. The summed E-state index contributed by atoms with van der Waals surface area (Å²) in [6.45, 7) is 2.32. The Morgan fingerprint density at radius 2 is 1.95 bits per heavy atom. The summed E-state index contributed by atoms with van der Waals surface area (Å²) in [4.78, 5) is 23.2. The van der Waals surface area contributed by atoms with Gasteiger partial charge in [0.15, 0.2) is 0 Å². The third-order valence-corrected chi connectivity index (χ3v) is 2.82. The zero-order valence-corrected chi connectivity index (χ0v) is 11.8. The quantitative estimate of drug-likeness (QED) is 0.762. The normalized spacial score (nSPS) is 10.1. The monoisotopic (exact) mass is 287 g/mol. The van der Waals surface area contributed by atoms with E-state index < -0.39 is 5.97 Å². The predicted octanol–water partition coefficient (Wildman–Crippen LogP) is 1.99. The summed E-state index contributed by atoms with van der Waals surface area (Å²) in [6.07, 6.45) is 1.53. The van der Waals surface area contributed by atoms with E-state index in [1.807, 2.05) is 30.3 Å². The number of hydrogen-bond donors (Lipinski definition) is 0. The highest BCUT2D eigenvalue weighted by molar-refractivity contribution is 5.69. The molecule has 0 amide bonds. The number of ether oxygens (including phenoxy) is 2. The fourth-order valence-electron chi connectivity index (χ4n) is 1.80. The minimum atomic E-state index is -0.433. The molecule has 5 heteroatoms. The van der Waals surface area contributed by atoms with Crippen LogP contribution in [-0.4, -0.2) is 17.1 Å². The van der Waals surface area contributed by atoms with Gasteiger partial charge in [-0.05, 0) is 18.6 Å². The molecule has 0 atom stereocenters. The Bertz CT molecular complexity index is 649. The van der Waals surface area contributed by atoms with Crippen LogP contribution in [0.1, 0.15) is 12.5 Å². The van der Waals surface area contributed by atoms with Crippen molar-refractivity contribution in [1.82, 2.24) is 4.57 Å². The van der Waals surface area contributed by atoms with Crippen LogP contribution in [0, 0.1) is 0 Å². The largest absolute Gasteiger partial charge is 0.489 e. The number of rotatable bonds is 6. The molecular weight excluding hydrogens is 270 g/mol.